The fraction of sp³-hybridized carbons (Fsp3) is 0.0667. The maximum absolute atomic E-state index is 12.1. The Bertz CT molecular complexity index is 724. The summed E-state index contributed by atoms with van der Waals surface area (Å²) >= 11 is 0. The van der Waals surface area contributed by atoms with E-state index in [-0.39, 0.29) is 28.3 Å². The highest BCUT2D eigenvalue weighted by Crippen LogP contribution is 2.27. The second-order valence-corrected chi connectivity index (χ2v) is 4.46. The molecule has 2 rings (SSSR count). The first-order valence-corrected chi connectivity index (χ1v) is 6.06. The first-order chi connectivity index (χ1) is 9.90. The van der Waals surface area contributed by atoms with E-state index in [2.05, 4.69) is 5.32 Å². The number of carboxylic acids is 1. The van der Waals surface area contributed by atoms with E-state index < -0.39 is 11.9 Å². The van der Waals surface area contributed by atoms with Crippen molar-refractivity contribution < 1.29 is 24.9 Å². The van der Waals surface area contributed by atoms with Crippen molar-refractivity contribution in [2.24, 2.45) is 0 Å². The van der Waals surface area contributed by atoms with E-state index in [1.165, 1.54) is 18.2 Å². The Morgan fingerprint density at radius 3 is 2.48 bits per heavy atom. The number of carboxylic acid groups (broad SMARTS) is 1. The number of nitrogens with one attached hydrogen (secondary N) is 1. The van der Waals surface area contributed by atoms with Crippen LogP contribution in [0.3, 0.4) is 0 Å². The normalized spacial score (nSPS) is 10.1. The quantitative estimate of drug-likeness (QED) is 0.648. The van der Waals surface area contributed by atoms with Crippen LogP contribution >= 0.6 is 0 Å². The zero-order valence-electron chi connectivity index (χ0n) is 11.1. The maximum Gasteiger partial charge on any atom is 0.335 e. The molecule has 21 heavy (non-hydrogen) atoms. The molecule has 0 spiro atoms. The number of carbonyl (C=O) groups is 2. The molecular weight excluding hydrogens is 274 g/mol. The molecule has 6 nitrogen and oxygen atoms in total. The number of aryl methyl sites for hydroxylation is 1. The monoisotopic (exact) mass is 287 g/mol. The number of carbonyl (C=O) groups excluding carboxylic acids is 1. The average molecular weight is 287 g/mol. The molecule has 108 valence electrons. The average Bonchev–Trinajstić information content (AvgIpc) is 2.43. The van der Waals surface area contributed by atoms with Crippen molar-refractivity contribution in [3.8, 4) is 11.5 Å². The van der Waals surface area contributed by atoms with Crippen molar-refractivity contribution in [1.29, 1.82) is 0 Å². The molecule has 0 aliphatic carbocycles. The molecule has 0 fully saturated rings. The Kier molecular flexibility index (Phi) is 3.80. The highest BCUT2D eigenvalue weighted by molar-refractivity contribution is 6.07. The van der Waals surface area contributed by atoms with Crippen LogP contribution in [0.1, 0.15) is 26.3 Å². The number of hydrogen-bond acceptors (Lipinski definition) is 4. The van der Waals surface area contributed by atoms with Gasteiger partial charge in [-0.1, -0.05) is 12.1 Å². The molecule has 1 amide bonds. The Labute approximate surface area is 120 Å². The van der Waals surface area contributed by atoms with Gasteiger partial charge in [0.15, 0.2) is 0 Å². The zero-order chi connectivity index (χ0) is 15.6. The minimum absolute atomic E-state index is 0.0372. The second-order valence-electron chi connectivity index (χ2n) is 4.46. The van der Waals surface area contributed by atoms with Gasteiger partial charge in [-0.2, -0.15) is 0 Å². The molecule has 0 bridgehead atoms. The SMILES string of the molecule is Cc1cccc(C(=O)Nc2cc(C(=O)O)ccc2O)c1O. The fourth-order valence-corrected chi connectivity index (χ4v) is 1.80. The number of phenols is 2. The lowest BCUT2D eigenvalue weighted by molar-refractivity contribution is 0.0696. The summed E-state index contributed by atoms with van der Waals surface area (Å²) in [6.45, 7) is 1.65. The number of amides is 1. The maximum atomic E-state index is 12.1. The molecule has 4 N–H and O–H groups in total. The number of anilines is 1. The van der Waals surface area contributed by atoms with Gasteiger partial charge in [0, 0.05) is 0 Å². The van der Waals surface area contributed by atoms with Gasteiger partial charge in [-0.15, -0.1) is 0 Å². The van der Waals surface area contributed by atoms with Crippen molar-refractivity contribution in [1.82, 2.24) is 0 Å². The summed E-state index contributed by atoms with van der Waals surface area (Å²) in [6, 6.07) is 8.22. The largest absolute Gasteiger partial charge is 0.507 e. The topological polar surface area (TPSA) is 107 Å². The lowest BCUT2D eigenvalue weighted by Crippen LogP contribution is -2.13. The van der Waals surface area contributed by atoms with Gasteiger partial charge in [0.1, 0.15) is 11.5 Å². The Morgan fingerprint density at radius 1 is 1.10 bits per heavy atom. The molecule has 2 aromatic carbocycles. The van der Waals surface area contributed by atoms with Crippen LogP contribution in [0.4, 0.5) is 5.69 Å². The van der Waals surface area contributed by atoms with Gasteiger partial charge < -0.3 is 20.6 Å². The third-order valence-electron chi connectivity index (χ3n) is 2.97. The predicted molar refractivity (Wildman–Crippen MR) is 75.9 cm³/mol. The Hall–Kier alpha value is -3.02. The second kappa shape index (κ2) is 5.54. The zero-order valence-corrected chi connectivity index (χ0v) is 11.1. The fourth-order valence-electron chi connectivity index (χ4n) is 1.80. The lowest BCUT2D eigenvalue weighted by Gasteiger charge is -2.10. The van der Waals surface area contributed by atoms with Gasteiger partial charge in [0.2, 0.25) is 0 Å². The molecular formula is C15H13NO5. The van der Waals surface area contributed by atoms with Crippen LogP contribution in [-0.4, -0.2) is 27.2 Å². The van der Waals surface area contributed by atoms with Crippen molar-refractivity contribution in [2.75, 3.05) is 5.32 Å². The lowest BCUT2D eigenvalue weighted by atomic mass is 10.1. The molecule has 0 heterocycles. The molecule has 0 aromatic heterocycles. The molecule has 2 aromatic rings. The first-order valence-electron chi connectivity index (χ1n) is 6.06. The van der Waals surface area contributed by atoms with Crippen LogP contribution in [0.25, 0.3) is 0 Å². The Morgan fingerprint density at radius 2 is 1.81 bits per heavy atom. The van der Waals surface area contributed by atoms with Crippen molar-refractivity contribution in [3.05, 3.63) is 53.1 Å². The minimum Gasteiger partial charge on any atom is -0.507 e. The van der Waals surface area contributed by atoms with E-state index in [4.69, 9.17) is 5.11 Å². The molecule has 6 heteroatoms. The number of para-hydroxylation sites is 1. The van der Waals surface area contributed by atoms with E-state index in [0.29, 0.717) is 5.56 Å². The highest BCUT2D eigenvalue weighted by Gasteiger charge is 2.15. The third-order valence-corrected chi connectivity index (χ3v) is 2.97. The molecule has 0 aliphatic heterocycles. The number of rotatable bonds is 3. The van der Waals surface area contributed by atoms with E-state index in [1.54, 1.807) is 19.1 Å². The summed E-state index contributed by atoms with van der Waals surface area (Å²) in [5.41, 5.74) is 0.457. The Balaban J connectivity index is 2.33. The standard InChI is InChI=1S/C15H13NO5/c1-8-3-2-4-10(13(8)18)14(19)16-11-7-9(15(20)21)5-6-12(11)17/h2-7,17-18H,1H3,(H,16,19)(H,20,21). The van der Waals surface area contributed by atoms with Gasteiger partial charge >= 0.3 is 5.97 Å². The van der Waals surface area contributed by atoms with Gasteiger partial charge in [-0.05, 0) is 36.8 Å². The summed E-state index contributed by atoms with van der Waals surface area (Å²) < 4.78 is 0. The summed E-state index contributed by atoms with van der Waals surface area (Å²) in [6.07, 6.45) is 0. The van der Waals surface area contributed by atoms with E-state index in [1.807, 2.05) is 0 Å². The van der Waals surface area contributed by atoms with E-state index in [0.717, 1.165) is 6.07 Å². The number of benzene rings is 2. The summed E-state index contributed by atoms with van der Waals surface area (Å²) in [7, 11) is 0. The molecule has 0 unspecified atom stereocenters. The van der Waals surface area contributed by atoms with Crippen molar-refractivity contribution >= 4 is 17.6 Å². The molecule has 0 radical (unpaired) electrons. The summed E-state index contributed by atoms with van der Waals surface area (Å²) in [4.78, 5) is 23.0. The molecule has 0 saturated carbocycles. The van der Waals surface area contributed by atoms with Crippen molar-refractivity contribution in [2.45, 2.75) is 6.92 Å². The van der Waals surface area contributed by atoms with E-state index >= 15 is 0 Å². The third kappa shape index (κ3) is 2.94. The van der Waals surface area contributed by atoms with Gasteiger partial charge in [0.05, 0.1) is 16.8 Å². The van der Waals surface area contributed by atoms with Crippen LogP contribution in [0, 0.1) is 6.92 Å². The number of aromatic carboxylic acids is 1. The van der Waals surface area contributed by atoms with Gasteiger partial charge in [-0.3, -0.25) is 4.79 Å². The summed E-state index contributed by atoms with van der Waals surface area (Å²) in [5, 5.41) is 30.8. The van der Waals surface area contributed by atoms with Crippen molar-refractivity contribution in [3.63, 3.8) is 0 Å². The highest BCUT2D eigenvalue weighted by atomic mass is 16.4. The van der Waals surface area contributed by atoms with Crippen LogP contribution in [0.15, 0.2) is 36.4 Å². The minimum atomic E-state index is -1.18. The number of hydrogen-bond donors (Lipinski definition) is 4. The smallest absolute Gasteiger partial charge is 0.335 e. The number of aromatic hydroxyl groups is 2. The van der Waals surface area contributed by atoms with Crippen LogP contribution < -0.4 is 5.32 Å². The van der Waals surface area contributed by atoms with Crippen LogP contribution in [0.5, 0.6) is 11.5 Å². The molecule has 0 saturated heterocycles. The number of phenolic OH excluding ortho intramolecular Hbond substituents is 2. The first kappa shape index (κ1) is 14.4. The predicted octanol–water partition coefficient (Wildman–Crippen LogP) is 2.36. The van der Waals surface area contributed by atoms with E-state index in [9.17, 15) is 19.8 Å². The summed E-state index contributed by atoms with van der Waals surface area (Å²) in [5.74, 6) is -2.25. The van der Waals surface area contributed by atoms with Crippen LogP contribution in [-0.2, 0) is 0 Å². The molecule has 0 aliphatic rings. The van der Waals surface area contributed by atoms with Gasteiger partial charge in [0.25, 0.3) is 5.91 Å². The van der Waals surface area contributed by atoms with Gasteiger partial charge in [-0.25, -0.2) is 4.79 Å². The molecule has 0 atom stereocenters. The van der Waals surface area contributed by atoms with Crippen LogP contribution in [0.2, 0.25) is 0 Å².